The third-order valence-corrected chi connectivity index (χ3v) is 10.4. The number of anilines is 1. The highest BCUT2D eigenvalue weighted by atomic mass is 32.2. The van der Waals surface area contributed by atoms with Crippen LogP contribution in [0.15, 0.2) is 103 Å². The van der Waals surface area contributed by atoms with Crippen molar-refractivity contribution in [1.82, 2.24) is 9.62 Å². The zero-order valence-corrected chi connectivity index (χ0v) is 22.6. The van der Waals surface area contributed by atoms with Crippen molar-refractivity contribution < 1.29 is 18.0 Å². The first-order valence-corrected chi connectivity index (χ1v) is 15.0. The standard InChI is InChI=1S/C26H24N4O4S3/c1-18(31)28-37(33,34)23-15-9-6-12-20(23)27-36-17-30(16-19-10-4-3-5-11-19)25(32)24(36)26-29(2)21-13-7-8-14-22(21)35-26/h3-15H,16-17H2,1-2H3,(H,28,31)/b26-24-. The van der Waals surface area contributed by atoms with Crippen molar-refractivity contribution in [2.24, 2.45) is 4.36 Å². The minimum atomic E-state index is -4.12. The van der Waals surface area contributed by atoms with Gasteiger partial charge < -0.3 is 9.80 Å². The van der Waals surface area contributed by atoms with Crippen molar-refractivity contribution >= 4 is 55.7 Å². The lowest BCUT2D eigenvalue weighted by atomic mass is 10.2. The lowest BCUT2D eigenvalue weighted by molar-refractivity contribution is -0.125. The lowest BCUT2D eigenvalue weighted by Crippen LogP contribution is -2.28. The number of sulfonamides is 1. The fourth-order valence-corrected chi connectivity index (χ4v) is 8.66. The van der Waals surface area contributed by atoms with Gasteiger partial charge in [0.1, 0.15) is 14.8 Å². The van der Waals surface area contributed by atoms with Crippen molar-refractivity contribution in [1.29, 1.82) is 0 Å². The Morgan fingerprint density at radius 1 is 1.03 bits per heavy atom. The lowest BCUT2D eigenvalue weighted by Gasteiger charge is -2.16. The van der Waals surface area contributed by atoms with Gasteiger partial charge in [0.2, 0.25) is 5.91 Å². The van der Waals surface area contributed by atoms with Gasteiger partial charge in [-0.1, -0.05) is 66.4 Å². The molecule has 0 spiro atoms. The first-order valence-electron chi connectivity index (χ1n) is 11.4. The van der Waals surface area contributed by atoms with Crippen molar-refractivity contribution in [3.05, 3.63) is 94.4 Å². The maximum atomic E-state index is 13.8. The molecular formula is C26H24N4O4S3. The second-order valence-corrected chi connectivity index (χ2v) is 12.7. The van der Waals surface area contributed by atoms with E-state index in [2.05, 4.69) is 0 Å². The summed E-state index contributed by atoms with van der Waals surface area (Å²) in [6.45, 7) is 1.56. The van der Waals surface area contributed by atoms with Crippen molar-refractivity contribution in [3.63, 3.8) is 0 Å². The Bertz CT molecular complexity index is 1570. The molecule has 37 heavy (non-hydrogen) atoms. The summed E-state index contributed by atoms with van der Waals surface area (Å²) in [6.07, 6.45) is 0. The van der Waals surface area contributed by atoms with E-state index in [9.17, 15) is 18.0 Å². The predicted molar refractivity (Wildman–Crippen MR) is 146 cm³/mol. The van der Waals surface area contributed by atoms with Crippen LogP contribution in [0.2, 0.25) is 0 Å². The first-order chi connectivity index (χ1) is 17.7. The average molecular weight is 553 g/mol. The molecule has 1 N–H and O–H groups in total. The quantitative estimate of drug-likeness (QED) is 0.473. The van der Waals surface area contributed by atoms with E-state index < -0.39 is 26.6 Å². The van der Waals surface area contributed by atoms with Crippen LogP contribution in [-0.4, -0.2) is 38.1 Å². The van der Waals surface area contributed by atoms with Gasteiger partial charge in [0, 0.05) is 25.4 Å². The summed E-state index contributed by atoms with van der Waals surface area (Å²) in [7, 11) is -3.16. The molecule has 0 bridgehead atoms. The number of hydrogen-bond acceptors (Lipinski definition) is 7. The molecule has 190 valence electrons. The monoisotopic (exact) mass is 552 g/mol. The fraction of sp³-hybridized carbons (Fsp3) is 0.154. The molecule has 0 aliphatic carbocycles. The molecule has 2 aliphatic heterocycles. The van der Waals surface area contributed by atoms with Crippen LogP contribution < -0.4 is 9.62 Å². The molecule has 11 heteroatoms. The van der Waals surface area contributed by atoms with Gasteiger partial charge in [-0.15, -0.1) is 0 Å². The zero-order chi connectivity index (χ0) is 26.2. The number of carbonyl (C=O) groups excluding carboxylic acids is 2. The highest BCUT2D eigenvalue weighted by Crippen LogP contribution is 2.48. The summed E-state index contributed by atoms with van der Waals surface area (Å²) in [5.41, 5.74) is 2.20. The van der Waals surface area contributed by atoms with Crippen LogP contribution in [0.5, 0.6) is 0 Å². The van der Waals surface area contributed by atoms with Crippen LogP contribution in [0, 0.1) is 0 Å². The molecular weight excluding hydrogens is 529 g/mol. The Labute approximate surface area is 222 Å². The van der Waals surface area contributed by atoms with Crippen LogP contribution in [0.3, 0.4) is 0 Å². The topological polar surface area (TPSA) is 99.1 Å². The second kappa shape index (κ2) is 10.2. The summed E-state index contributed by atoms with van der Waals surface area (Å²) < 4.78 is 32.6. The Morgan fingerprint density at radius 2 is 1.70 bits per heavy atom. The molecule has 2 amide bonds. The van der Waals surface area contributed by atoms with Crippen LogP contribution in [0.1, 0.15) is 12.5 Å². The van der Waals surface area contributed by atoms with Crippen LogP contribution >= 0.6 is 11.8 Å². The number of amides is 2. The number of carbonyl (C=O) groups is 2. The molecule has 2 heterocycles. The van der Waals surface area contributed by atoms with Gasteiger partial charge in [-0.05, 0) is 40.5 Å². The Kier molecular flexibility index (Phi) is 6.93. The number of nitrogens with one attached hydrogen (secondary N) is 1. The van der Waals surface area contributed by atoms with E-state index in [1.807, 2.05) is 71.3 Å². The van der Waals surface area contributed by atoms with Gasteiger partial charge in [-0.2, -0.15) is 0 Å². The number of rotatable bonds is 5. The second-order valence-electron chi connectivity index (χ2n) is 8.47. The number of para-hydroxylation sites is 1. The maximum Gasteiger partial charge on any atom is 0.266 e. The van der Waals surface area contributed by atoms with E-state index in [1.165, 1.54) is 17.8 Å². The summed E-state index contributed by atoms with van der Waals surface area (Å²) in [6, 6.07) is 23.9. The minimum Gasteiger partial charge on any atom is -0.337 e. The molecule has 1 unspecified atom stereocenters. The summed E-state index contributed by atoms with van der Waals surface area (Å²) in [5, 5.41) is 0.788. The number of nitrogens with zero attached hydrogens (tertiary/aromatic N) is 3. The van der Waals surface area contributed by atoms with Crippen LogP contribution in [0.4, 0.5) is 11.4 Å². The molecule has 0 radical (unpaired) electrons. The molecule has 0 saturated carbocycles. The number of fused-ring (bicyclic) bond motifs is 1. The van der Waals surface area contributed by atoms with E-state index in [0.29, 0.717) is 17.3 Å². The molecule has 0 aromatic heterocycles. The third-order valence-electron chi connectivity index (χ3n) is 5.78. The largest absolute Gasteiger partial charge is 0.337 e. The van der Waals surface area contributed by atoms with Crippen molar-refractivity contribution in [3.8, 4) is 0 Å². The maximum absolute atomic E-state index is 13.8. The van der Waals surface area contributed by atoms with Gasteiger partial charge in [0.25, 0.3) is 15.9 Å². The molecule has 8 nitrogen and oxygen atoms in total. The first kappa shape index (κ1) is 25.2. The molecule has 5 rings (SSSR count). The molecule has 1 atom stereocenters. The predicted octanol–water partition coefficient (Wildman–Crippen LogP) is 4.36. The van der Waals surface area contributed by atoms with Crippen molar-refractivity contribution in [2.75, 3.05) is 17.8 Å². The van der Waals surface area contributed by atoms with Gasteiger partial charge in [0.05, 0.1) is 17.3 Å². The van der Waals surface area contributed by atoms with Gasteiger partial charge >= 0.3 is 0 Å². The zero-order valence-electron chi connectivity index (χ0n) is 20.1. The summed E-state index contributed by atoms with van der Waals surface area (Å²) >= 11 is 1.52. The normalized spacial score (nSPS) is 19.4. The van der Waals surface area contributed by atoms with E-state index in [-0.39, 0.29) is 16.5 Å². The number of thioether (sulfide) groups is 1. The highest BCUT2D eigenvalue weighted by Gasteiger charge is 2.38. The van der Waals surface area contributed by atoms with E-state index >= 15 is 0 Å². The van der Waals surface area contributed by atoms with Crippen LogP contribution in [0.25, 0.3) is 0 Å². The van der Waals surface area contributed by atoms with E-state index in [4.69, 9.17) is 4.36 Å². The highest BCUT2D eigenvalue weighted by molar-refractivity contribution is 8.05. The van der Waals surface area contributed by atoms with E-state index in [0.717, 1.165) is 28.1 Å². The molecule has 1 fully saturated rings. The van der Waals surface area contributed by atoms with E-state index in [1.54, 1.807) is 23.1 Å². The molecule has 2 aliphatic rings. The Morgan fingerprint density at radius 3 is 2.43 bits per heavy atom. The molecule has 1 saturated heterocycles. The summed E-state index contributed by atoms with van der Waals surface area (Å²) in [5.74, 6) is -0.488. The fourth-order valence-electron chi connectivity index (χ4n) is 4.13. The summed E-state index contributed by atoms with van der Waals surface area (Å²) in [4.78, 5) is 30.6. The minimum absolute atomic E-state index is 0.105. The number of hydrogen-bond donors (Lipinski definition) is 1. The van der Waals surface area contributed by atoms with Crippen molar-refractivity contribution in [2.45, 2.75) is 23.3 Å². The Balaban J connectivity index is 1.63. The van der Waals surface area contributed by atoms with Crippen LogP contribution in [-0.2, 0) is 36.8 Å². The smallest absolute Gasteiger partial charge is 0.266 e. The Hall–Kier alpha value is -3.41. The van der Waals surface area contributed by atoms with Gasteiger partial charge in [-0.3, -0.25) is 9.59 Å². The third kappa shape index (κ3) is 5.07. The molecule has 3 aromatic rings. The molecule has 3 aromatic carbocycles. The van der Waals surface area contributed by atoms with Gasteiger partial charge in [0.15, 0.2) is 0 Å². The number of benzene rings is 3. The van der Waals surface area contributed by atoms with Gasteiger partial charge in [-0.25, -0.2) is 17.5 Å². The SMILES string of the molecule is CC(=O)NS(=O)(=O)c1ccccc1N=S1CN(Cc2ccccc2)C(=O)/C1=C1/Sc2ccccc2N1C. The average Bonchev–Trinajstić information content (AvgIpc) is 3.35.